The van der Waals surface area contributed by atoms with Crippen LogP contribution in [0.4, 0.5) is 0 Å². The van der Waals surface area contributed by atoms with E-state index in [4.69, 9.17) is 14.3 Å². The molecule has 0 aromatic carbocycles. The highest BCUT2D eigenvalue weighted by molar-refractivity contribution is 7.39. The summed E-state index contributed by atoms with van der Waals surface area (Å²) in [6.45, 7) is 1.89. The summed E-state index contributed by atoms with van der Waals surface area (Å²) in [7, 11) is 4.44. The molecule has 0 radical (unpaired) electrons. The lowest BCUT2D eigenvalue weighted by Crippen LogP contribution is -2.37. The molecule has 1 aliphatic rings. The average Bonchev–Trinajstić information content (AvgIpc) is 2.17. The smallest absolute Gasteiger partial charge is 0.329 e. The van der Waals surface area contributed by atoms with E-state index in [-0.39, 0.29) is 5.85 Å². The van der Waals surface area contributed by atoms with Crippen LogP contribution in [-0.4, -0.2) is 51.2 Å². The quantitative estimate of drug-likeness (QED) is 0.413. The highest BCUT2D eigenvalue weighted by atomic mass is 31.1. The third-order valence-corrected chi connectivity index (χ3v) is 3.33. The molecule has 0 aromatic heterocycles. The largest absolute Gasteiger partial charge is 0.543 e. The molecule has 0 saturated carbocycles. The van der Waals surface area contributed by atoms with Crippen LogP contribution in [0.3, 0.4) is 0 Å². The molecule has 0 amide bonds. The second-order valence-electron chi connectivity index (χ2n) is 4.65. The lowest BCUT2D eigenvalue weighted by molar-refractivity contribution is -0.870. The van der Waals surface area contributed by atoms with Crippen molar-refractivity contribution < 1.29 is 23.3 Å². The van der Waals surface area contributed by atoms with Gasteiger partial charge in [0.1, 0.15) is 6.54 Å². The number of nitrogens with zero attached hydrogens (tertiary/aromatic N) is 1. The second-order valence-corrected chi connectivity index (χ2v) is 6.05. The maximum atomic E-state index is 11.6. The fourth-order valence-electron chi connectivity index (χ4n) is 1.12. The normalized spacial score (nSPS) is 23.9. The molecule has 15 heavy (non-hydrogen) atoms. The van der Waals surface area contributed by atoms with E-state index in [9.17, 15) is 4.57 Å². The Bertz CT molecular complexity index is 211. The molecule has 1 heterocycles. The topological polar surface area (TPSA) is 44.8 Å². The van der Waals surface area contributed by atoms with E-state index in [1.807, 2.05) is 0 Å². The SMILES string of the molecule is C[N+](C)(C)CCO[P+](=O)C1CCCOO1. The van der Waals surface area contributed by atoms with Gasteiger partial charge in [-0.15, -0.1) is 4.52 Å². The molecular formula is C9H20NO4P+2. The molecule has 1 saturated heterocycles. The van der Waals surface area contributed by atoms with E-state index in [0.717, 1.165) is 23.9 Å². The number of hydrogen-bond donors (Lipinski definition) is 0. The highest BCUT2D eigenvalue weighted by Crippen LogP contribution is 2.35. The predicted molar refractivity (Wildman–Crippen MR) is 56.5 cm³/mol. The van der Waals surface area contributed by atoms with Gasteiger partial charge < -0.3 is 4.48 Å². The Morgan fingerprint density at radius 2 is 2.20 bits per heavy atom. The summed E-state index contributed by atoms with van der Waals surface area (Å²) in [5.74, 6) is -0.388. The number of hydrogen-bond acceptors (Lipinski definition) is 4. The fourth-order valence-corrected chi connectivity index (χ4v) is 2.07. The monoisotopic (exact) mass is 237 g/mol. The highest BCUT2D eigenvalue weighted by Gasteiger charge is 2.37. The van der Waals surface area contributed by atoms with E-state index in [1.165, 1.54) is 0 Å². The zero-order chi connectivity index (χ0) is 11.3. The lowest BCUT2D eigenvalue weighted by atomic mass is 10.3. The molecule has 0 bridgehead atoms. The van der Waals surface area contributed by atoms with Crippen LogP contribution >= 0.6 is 8.03 Å². The summed E-state index contributed by atoms with van der Waals surface area (Å²) in [4.78, 5) is 9.69. The van der Waals surface area contributed by atoms with Crippen molar-refractivity contribution in [2.24, 2.45) is 0 Å². The molecular weight excluding hydrogens is 217 g/mol. The van der Waals surface area contributed by atoms with E-state index in [0.29, 0.717) is 13.2 Å². The van der Waals surface area contributed by atoms with Gasteiger partial charge in [0, 0.05) is 6.42 Å². The summed E-state index contributed by atoms with van der Waals surface area (Å²) in [5.41, 5.74) is 0. The van der Waals surface area contributed by atoms with Crippen LogP contribution in [0.15, 0.2) is 0 Å². The molecule has 1 fully saturated rings. The Hall–Kier alpha value is -0.0600. The van der Waals surface area contributed by atoms with Crippen molar-refractivity contribution in [2.75, 3.05) is 40.9 Å². The first-order chi connectivity index (χ1) is 6.99. The van der Waals surface area contributed by atoms with Crippen LogP contribution in [0.2, 0.25) is 0 Å². The van der Waals surface area contributed by atoms with Gasteiger partial charge in [0.25, 0.3) is 0 Å². The van der Waals surface area contributed by atoms with Crippen molar-refractivity contribution in [1.82, 2.24) is 0 Å². The van der Waals surface area contributed by atoms with Gasteiger partial charge >= 0.3 is 13.9 Å². The maximum Gasteiger partial charge on any atom is 0.543 e. The zero-order valence-electron chi connectivity index (χ0n) is 9.64. The number of quaternary nitrogens is 1. The fraction of sp³-hybridized carbons (Fsp3) is 1.00. The summed E-state index contributed by atoms with van der Waals surface area (Å²) in [6.07, 6.45) is 1.63. The minimum atomic E-state index is -1.76. The number of likely N-dealkylation sites (N-methyl/N-ethyl adjacent to an activating group) is 1. The van der Waals surface area contributed by atoms with Gasteiger partial charge in [-0.2, -0.15) is 4.89 Å². The summed E-state index contributed by atoms with van der Waals surface area (Å²) in [5, 5.41) is 0. The Balaban J connectivity index is 2.17. The molecule has 0 spiro atoms. The molecule has 6 heteroatoms. The average molecular weight is 237 g/mol. The van der Waals surface area contributed by atoms with E-state index < -0.39 is 8.03 Å². The molecule has 1 rings (SSSR count). The van der Waals surface area contributed by atoms with Gasteiger partial charge in [-0.05, 0) is 11.0 Å². The summed E-state index contributed by atoms with van der Waals surface area (Å²) >= 11 is 0. The van der Waals surface area contributed by atoms with Crippen LogP contribution in [-0.2, 0) is 18.9 Å². The van der Waals surface area contributed by atoms with Crippen LogP contribution in [0.5, 0.6) is 0 Å². The third-order valence-electron chi connectivity index (χ3n) is 2.07. The first kappa shape index (κ1) is 13.0. The standard InChI is InChI=1S/C9H20NO4P/c1-10(2,3)6-8-13-15(11)9-5-4-7-12-14-9/h9H,4-8H2,1-3H3/q+2. The van der Waals surface area contributed by atoms with Crippen molar-refractivity contribution in [2.45, 2.75) is 18.7 Å². The van der Waals surface area contributed by atoms with E-state index in [1.54, 1.807) is 0 Å². The van der Waals surface area contributed by atoms with Crippen LogP contribution in [0.25, 0.3) is 0 Å². The Morgan fingerprint density at radius 1 is 1.47 bits per heavy atom. The number of rotatable bonds is 5. The van der Waals surface area contributed by atoms with Gasteiger partial charge in [0.05, 0.1) is 27.7 Å². The van der Waals surface area contributed by atoms with Crippen LogP contribution in [0, 0.1) is 0 Å². The zero-order valence-corrected chi connectivity index (χ0v) is 10.5. The van der Waals surface area contributed by atoms with Crippen LogP contribution in [0.1, 0.15) is 12.8 Å². The van der Waals surface area contributed by atoms with Gasteiger partial charge in [-0.25, -0.2) is 4.89 Å². The lowest BCUT2D eigenvalue weighted by Gasteiger charge is -2.22. The first-order valence-electron chi connectivity index (χ1n) is 5.17. The Kier molecular flexibility index (Phi) is 5.09. The van der Waals surface area contributed by atoms with Gasteiger partial charge in [0.15, 0.2) is 6.61 Å². The third kappa shape index (κ3) is 5.54. The predicted octanol–water partition coefficient (Wildman–Crippen LogP) is 1.52. The Morgan fingerprint density at radius 3 is 2.73 bits per heavy atom. The second kappa shape index (κ2) is 5.87. The summed E-state index contributed by atoms with van der Waals surface area (Å²) in [6, 6.07) is 0. The van der Waals surface area contributed by atoms with Gasteiger partial charge in [-0.3, -0.25) is 0 Å². The van der Waals surface area contributed by atoms with Crippen molar-refractivity contribution in [1.29, 1.82) is 0 Å². The molecule has 1 aliphatic heterocycles. The Labute approximate surface area is 91.7 Å². The molecule has 2 atom stereocenters. The first-order valence-corrected chi connectivity index (χ1v) is 6.42. The minimum absolute atomic E-state index is 0.388. The van der Waals surface area contributed by atoms with Crippen molar-refractivity contribution in [3.63, 3.8) is 0 Å². The van der Waals surface area contributed by atoms with Gasteiger partial charge in [-0.1, -0.05) is 0 Å². The molecule has 88 valence electrons. The molecule has 5 nitrogen and oxygen atoms in total. The maximum absolute atomic E-state index is 11.6. The molecule has 0 aliphatic carbocycles. The van der Waals surface area contributed by atoms with Crippen LogP contribution < -0.4 is 0 Å². The van der Waals surface area contributed by atoms with Crippen molar-refractivity contribution in [3.05, 3.63) is 0 Å². The molecule has 0 aromatic rings. The van der Waals surface area contributed by atoms with Gasteiger partial charge in [0.2, 0.25) is 0 Å². The molecule has 2 unspecified atom stereocenters. The molecule has 0 N–H and O–H groups in total. The van der Waals surface area contributed by atoms with Crippen molar-refractivity contribution >= 4 is 8.03 Å². The summed E-state index contributed by atoms with van der Waals surface area (Å²) < 4.78 is 17.6. The van der Waals surface area contributed by atoms with E-state index in [2.05, 4.69) is 21.1 Å². The minimum Gasteiger partial charge on any atom is -0.329 e. The van der Waals surface area contributed by atoms with Crippen molar-refractivity contribution in [3.8, 4) is 0 Å². The van der Waals surface area contributed by atoms with E-state index >= 15 is 0 Å².